The predicted octanol–water partition coefficient (Wildman–Crippen LogP) is 15.5. The first-order valence-electron chi connectivity index (χ1n) is 23.8. The number of hydrogen-bond acceptors (Lipinski definition) is 5. The Morgan fingerprint density at radius 3 is 1.16 bits per heavy atom. The summed E-state index contributed by atoms with van der Waals surface area (Å²) in [5, 5.41) is 9.60. The number of aliphatic hydroxyl groups excluding tert-OH is 1. The van der Waals surface area contributed by atoms with Crippen molar-refractivity contribution in [3.05, 3.63) is 60.8 Å². The minimum atomic E-state index is -0.790. The van der Waals surface area contributed by atoms with E-state index in [1.165, 1.54) is 128 Å². The van der Waals surface area contributed by atoms with Gasteiger partial charge in [0, 0.05) is 12.8 Å². The van der Waals surface area contributed by atoms with Crippen LogP contribution >= 0.6 is 0 Å². The van der Waals surface area contributed by atoms with E-state index < -0.39 is 6.10 Å². The van der Waals surface area contributed by atoms with Gasteiger partial charge in [0.15, 0.2) is 6.10 Å². The fourth-order valence-corrected chi connectivity index (χ4v) is 6.76. The molecule has 0 heterocycles. The highest BCUT2D eigenvalue weighted by Crippen LogP contribution is 2.16. The van der Waals surface area contributed by atoms with Crippen LogP contribution in [0.2, 0.25) is 0 Å². The van der Waals surface area contributed by atoms with Crippen molar-refractivity contribution in [2.45, 2.75) is 238 Å². The minimum Gasteiger partial charge on any atom is -0.462 e. The monoisotopic (exact) mass is 783 g/mol. The first-order chi connectivity index (χ1) is 27.6. The summed E-state index contributed by atoms with van der Waals surface area (Å²) in [5.41, 5.74) is 0. The van der Waals surface area contributed by atoms with E-state index >= 15 is 0 Å². The molecule has 0 aromatic carbocycles. The number of rotatable bonds is 43. The van der Waals surface area contributed by atoms with Crippen LogP contribution in [0.3, 0.4) is 0 Å². The van der Waals surface area contributed by atoms with Crippen LogP contribution in [-0.2, 0) is 19.1 Å². The van der Waals surface area contributed by atoms with Gasteiger partial charge in [-0.3, -0.25) is 9.59 Å². The lowest BCUT2D eigenvalue weighted by Crippen LogP contribution is -2.28. The van der Waals surface area contributed by atoms with Crippen LogP contribution in [0.25, 0.3) is 0 Å². The molecule has 0 aliphatic rings. The fraction of sp³-hybridized carbons (Fsp3) is 0.765. The summed E-state index contributed by atoms with van der Waals surface area (Å²) < 4.78 is 10.6. The first-order valence-corrected chi connectivity index (χ1v) is 23.8. The quantitative estimate of drug-likeness (QED) is 0.0379. The summed E-state index contributed by atoms with van der Waals surface area (Å²) >= 11 is 0. The Morgan fingerprint density at radius 1 is 0.429 bits per heavy atom. The molecule has 0 aromatic heterocycles. The highest BCUT2D eigenvalue weighted by atomic mass is 16.6. The Balaban J connectivity index is 3.54. The Bertz CT molecular complexity index is 977. The summed E-state index contributed by atoms with van der Waals surface area (Å²) in [6.07, 6.45) is 61.6. The molecule has 0 fully saturated rings. The van der Waals surface area contributed by atoms with Crippen molar-refractivity contribution in [3.63, 3.8) is 0 Å². The van der Waals surface area contributed by atoms with Crippen LogP contribution < -0.4 is 0 Å². The second-order valence-electron chi connectivity index (χ2n) is 15.8. The number of carbonyl (C=O) groups is 2. The molecule has 0 aliphatic carbocycles. The zero-order valence-corrected chi connectivity index (χ0v) is 36.9. The van der Waals surface area contributed by atoms with Gasteiger partial charge in [-0.05, 0) is 57.8 Å². The van der Waals surface area contributed by atoms with Gasteiger partial charge in [-0.15, -0.1) is 0 Å². The Morgan fingerprint density at radius 2 is 0.768 bits per heavy atom. The van der Waals surface area contributed by atoms with E-state index in [4.69, 9.17) is 9.47 Å². The van der Waals surface area contributed by atoms with Gasteiger partial charge in [0.25, 0.3) is 0 Å². The second-order valence-corrected chi connectivity index (χ2v) is 15.8. The van der Waals surface area contributed by atoms with Crippen molar-refractivity contribution in [2.24, 2.45) is 0 Å². The van der Waals surface area contributed by atoms with Crippen LogP contribution in [0, 0.1) is 0 Å². The second kappa shape index (κ2) is 47.0. The largest absolute Gasteiger partial charge is 0.462 e. The zero-order chi connectivity index (χ0) is 40.7. The molecule has 0 saturated heterocycles. The summed E-state index contributed by atoms with van der Waals surface area (Å²) in [6.45, 7) is 4.02. The van der Waals surface area contributed by atoms with Crippen LogP contribution in [0.4, 0.5) is 0 Å². The van der Waals surface area contributed by atoms with E-state index in [0.717, 1.165) is 77.0 Å². The average molecular weight is 783 g/mol. The minimum absolute atomic E-state index is 0.0789. The van der Waals surface area contributed by atoms with Gasteiger partial charge < -0.3 is 14.6 Å². The van der Waals surface area contributed by atoms with Crippen LogP contribution in [0.5, 0.6) is 0 Å². The number of aliphatic hydroxyl groups is 1. The molecular formula is C51H90O5. The maximum atomic E-state index is 12.2. The van der Waals surface area contributed by atoms with Gasteiger partial charge in [-0.2, -0.15) is 0 Å². The van der Waals surface area contributed by atoms with Crippen molar-refractivity contribution in [1.29, 1.82) is 0 Å². The molecule has 1 N–H and O–H groups in total. The summed E-state index contributed by atoms with van der Waals surface area (Å²) in [5.74, 6) is -0.622. The highest BCUT2D eigenvalue weighted by molar-refractivity contribution is 5.70. The van der Waals surface area contributed by atoms with Gasteiger partial charge in [0.1, 0.15) is 6.61 Å². The summed E-state index contributed by atoms with van der Waals surface area (Å²) in [4.78, 5) is 24.4. The van der Waals surface area contributed by atoms with Gasteiger partial charge in [0.2, 0.25) is 0 Å². The van der Waals surface area contributed by atoms with Crippen LogP contribution in [0.15, 0.2) is 60.8 Å². The molecule has 324 valence electrons. The zero-order valence-electron chi connectivity index (χ0n) is 36.9. The van der Waals surface area contributed by atoms with Gasteiger partial charge in [0.05, 0.1) is 6.61 Å². The Kier molecular flexibility index (Phi) is 45.0. The third kappa shape index (κ3) is 44.3. The molecule has 56 heavy (non-hydrogen) atoms. The van der Waals surface area contributed by atoms with E-state index in [2.05, 4.69) is 74.6 Å². The molecule has 1 atom stereocenters. The molecule has 0 saturated carbocycles. The summed E-state index contributed by atoms with van der Waals surface area (Å²) in [6, 6.07) is 0. The van der Waals surface area contributed by atoms with Crippen molar-refractivity contribution in [2.75, 3.05) is 13.2 Å². The number of ether oxygens (including phenoxy) is 2. The topological polar surface area (TPSA) is 72.8 Å². The third-order valence-corrected chi connectivity index (χ3v) is 10.3. The van der Waals surface area contributed by atoms with Gasteiger partial charge in [-0.25, -0.2) is 0 Å². The predicted molar refractivity (Wildman–Crippen MR) is 242 cm³/mol. The fourth-order valence-electron chi connectivity index (χ4n) is 6.76. The van der Waals surface area contributed by atoms with Gasteiger partial charge in [-0.1, -0.05) is 222 Å². The van der Waals surface area contributed by atoms with Crippen molar-refractivity contribution < 1.29 is 24.2 Å². The molecule has 0 amide bonds. The Hall–Kier alpha value is -2.40. The van der Waals surface area contributed by atoms with Gasteiger partial charge >= 0.3 is 11.9 Å². The number of allylic oxidation sites excluding steroid dienone is 10. The van der Waals surface area contributed by atoms with E-state index in [9.17, 15) is 14.7 Å². The van der Waals surface area contributed by atoms with E-state index in [1.807, 2.05) is 0 Å². The smallest absolute Gasteiger partial charge is 0.306 e. The number of unbranched alkanes of at least 4 members (excludes halogenated alkanes) is 25. The molecule has 0 spiro atoms. The summed E-state index contributed by atoms with van der Waals surface area (Å²) in [7, 11) is 0. The molecule has 0 unspecified atom stereocenters. The normalized spacial score (nSPS) is 12.7. The van der Waals surface area contributed by atoms with E-state index in [-0.39, 0.29) is 25.2 Å². The molecule has 0 rings (SSSR count). The lowest BCUT2D eigenvalue weighted by atomic mass is 10.0. The van der Waals surface area contributed by atoms with Crippen molar-refractivity contribution >= 4 is 11.9 Å². The lowest BCUT2D eigenvalue weighted by molar-refractivity contribution is -0.161. The molecule has 5 nitrogen and oxygen atoms in total. The Labute approximate surface area is 347 Å². The van der Waals surface area contributed by atoms with Crippen LogP contribution in [0.1, 0.15) is 232 Å². The van der Waals surface area contributed by atoms with Crippen molar-refractivity contribution in [3.8, 4) is 0 Å². The van der Waals surface area contributed by atoms with E-state index in [1.54, 1.807) is 0 Å². The van der Waals surface area contributed by atoms with E-state index in [0.29, 0.717) is 12.8 Å². The maximum Gasteiger partial charge on any atom is 0.306 e. The molecule has 0 radical (unpaired) electrons. The molecule has 0 bridgehead atoms. The third-order valence-electron chi connectivity index (χ3n) is 10.3. The van der Waals surface area contributed by atoms with Crippen LogP contribution in [-0.4, -0.2) is 36.4 Å². The number of hydrogen-bond donors (Lipinski definition) is 1. The average Bonchev–Trinajstić information content (AvgIpc) is 3.20. The highest BCUT2D eigenvalue weighted by Gasteiger charge is 2.16. The lowest BCUT2D eigenvalue weighted by Gasteiger charge is -2.15. The first kappa shape index (κ1) is 53.6. The number of carbonyl (C=O) groups excluding carboxylic acids is 2. The molecule has 5 heteroatoms. The number of esters is 2. The SMILES string of the molecule is CC/C=C/C/C=C/C/C=C/C/C=C/C/C=C/CCCCCC(=O)O[C@@H](CO)COC(=O)CCCCCCCCCCCCCCCCCCCCCCCCC. The molecule has 0 aromatic rings. The van der Waals surface area contributed by atoms with Crippen molar-refractivity contribution in [1.82, 2.24) is 0 Å². The molecule has 0 aliphatic heterocycles. The standard InChI is InChI=1S/C51H90O5/c1-3-5-7-9-11-13-15-17-19-21-23-24-25-26-28-29-31-33-35-37-39-41-43-45-50(53)55-48-49(47-52)56-51(54)46-44-42-40-38-36-34-32-30-27-22-20-18-16-14-12-10-8-6-4-2/h6,8,12,14,18,20,27,30,34,36,49,52H,3-5,7,9-11,13,15-17,19,21-26,28-29,31-33,35,37-48H2,1-2H3/b8-6+,14-12+,20-18+,30-27+,36-34+/t49-/m0/s1. The maximum absolute atomic E-state index is 12.2. The molecular weight excluding hydrogens is 693 g/mol.